The smallest absolute Gasteiger partial charge is 0.305 e. The van der Waals surface area contributed by atoms with Crippen LogP contribution >= 0.6 is 0 Å². The number of carbonyl (C=O) groups is 2. The van der Waals surface area contributed by atoms with Gasteiger partial charge in [0.15, 0.2) is 0 Å². The molecule has 3 N–H and O–H groups in total. The van der Waals surface area contributed by atoms with Gasteiger partial charge in [0.25, 0.3) is 0 Å². The Bertz CT molecular complexity index is 973. The highest BCUT2D eigenvalue weighted by Gasteiger charge is 2.19. The van der Waals surface area contributed by atoms with Gasteiger partial charge in [0.1, 0.15) is 0 Å². The van der Waals surface area contributed by atoms with Crippen LogP contribution in [-0.2, 0) is 14.3 Å². The molecule has 0 aliphatic rings. The molecule has 0 saturated carbocycles. The topological polar surface area (TPSA) is 95.9 Å². The summed E-state index contributed by atoms with van der Waals surface area (Å²) in [4.78, 5) is 24.4. The van der Waals surface area contributed by atoms with E-state index in [1.165, 1.54) is 135 Å². The summed E-state index contributed by atoms with van der Waals surface area (Å²) >= 11 is 0. The molecular weight excluding hydrogens is 707 g/mol. The molecular formula is C51H93NO5. The maximum atomic E-state index is 12.4. The van der Waals surface area contributed by atoms with E-state index in [1.54, 1.807) is 0 Å². The fourth-order valence-electron chi connectivity index (χ4n) is 7.07. The van der Waals surface area contributed by atoms with Crippen molar-refractivity contribution in [3.05, 3.63) is 48.6 Å². The lowest BCUT2D eigenvalue weighted by atomic mass is 10.0. The van der Waals surface area contributed by atoms with Crippen LogP contribution in [0, 0.1) is 0 Å². The van der Waals surface area contributed by atoms with Gasteiger partial charge in [0.2, 0.25) is 5.91 Å². The average molecular weight is 800 g/mol. The van der Waals surface area contributed by atoms with Crippen LogP contribution in [0.2, 0.25) is 0 Å². The number of unbranched alkanes of at least 4 members (excludes halogenated alkanes) is 25. The maximum absolute atomic E-state index is 12.4. The first-order valence-electron chi connectivity index (χ1n) is 24.4. The maximum Gasteiger partial charge on any atom is 0.305 e. The molecule has 2 atom stereocenters. The molecule has 0 aliphatic carbocycles. The fraction of sp³-hybridized carbons (Fsp3) is 0.804. The molecule has 1 amide bonds. The number of rotatable bonds is 44. The Labute approximate surface area is 353 Å². The molecule has 6 nitrogen and oxygen atoms in total. The first-order chi connectivity index (χ1) is 28.0. The van der Waals surface area contributed by atoms with Crippen LogP contribution in [0.4, 0.5) is 0 Å². The minimum absolute atomic E-state index is 0.0321. The Hall–Kier alpha value is -2.18. The van der Waals surface area contributed by atoms with Gasteiger partial charge >= 0.3 is 5.97 Å². The minimum atomic E-state index is -0.699. The zero-order valence-electron chi connectivity index (χ0n) is 37.6. The van der Waals surface area contributed by atoms with E-state index >= 15 is 0 Å². The van der Waals surface area contributed by atoms with Crippen LogP contribution in [0.1, 0.15) is 239 Å². The van der Waals surface area contributed by atoms with E-state index in [0.29, 0.717) is 32.3 Å². The SMILES string of the molecule is CCCCC/C=C\C/C=C\CCCCCCCC(=O)OCCCCCCCC/C=C\C/C=C\CCC(=O)NC(CO)C(O)CCCCCCCCCCCCCC. The number of esters is 1. The first kappa shape index (κ1) is 54.8. The second-order valence-corrected chi connectivity index (χ2v) is 16.4. The molecule has 0 aliphatic heterocycles. The zero-order chi connectivity index (χ0) is 41.5. The second-order valence-electron chi connectivity index (χ2n) is 16.4. The molecule has 6 heteroatoms. The van der Waals surface area contributed by atoms with E-state index in [4.69, 9.17) is 4.74 Å². The summed E-state index contributed by atoms with van der Waals surface area (Å²) in [5.74, 6) is -0.151. The standard InChI is InChI=1S/C51H93NO5/c1-3-5-7-9-11-13-15-17-18-21-25-29-33-37-41-45-51(56)57-46-42-38-34-30-26-22-19-20-24-28-32-36-40-44-50(55)52-48(47-53)49(54)43-39-35-31-27-23-16-14-12-10-8-6-4-2/h11,13,17-18,20,24,32,36,48-49,53-54H,3-10,12,14-16,19,21-23,25-31,33-35,37-47H2,1-2H3,(H,52,55)/b13-11-,18-17-,24-20-,36-32-. The van der Waals surface area contributed by atoms with Gasteiger partial charge in [0, 0.05) is 12.8 Å². The van der Waals surface area contributed by atoms with Gasteiger partial charge in [-0.05, 0) is 77.0 Å². The van der Waals surface area contributed by atoms with E-state index in [9.17, 15) is 19.8 Å². The number of amides is 1. The number of hydrogen-bond acceptors (Lipinski definition) is 5. The number of hydrogen-bond donors (Lipinski definition) is 3. The molecule has 0 fully saturated rings. The van der Waals surface area contributed by atoms with E-state index < -0.39 is 12.1 Å². The van der Waals surface area contributed by atoms with Crippen LogP contribution in [0.15, 0.2) is 48.6 Å². The van der Waals surface area contributed by atoms with Crippen LogP contribution in [0.25, 0.3) is 0 Å². The monoisotopic (exact) mass is 800 g/mol. The third-order valence-corrected chi connectivity index (χ3v) is 10.9. The van der Waals surface area contributed by atoms with Crippen LogP contribution in [0.3, 0.4) is 0 Å². The van der Waals surface area contributed by atoms with E-state index in [-0.39, 0.29) is 18.5 Å². The predicted octanol–water partition coefficient (Wildman–Crippen LogP) is 14.3. The number of allylic oxidation sites excluding steroid dienone is 8. The summed E-state index contributed by atoms with van der Waals surface area (Å²) in [6.45, 7) is 4.83. The lowest BCUT2D eigenvalue weighted by molar-refractivity contribution is -0.143. The third-order valence-electron chi connectivity index (χ3n) is 10.9. The normalized spacial score (nSPS) is 13.1. The van der Waals surface area contributed by atoms with Crippen molar-refractivity contribution in [1.29, 1.82) is 0 Å². The summed E-state index contributed by atoms with van der Waals surface area (Å²) in [5.41, 5.74) is 0. The molecule has 2 unspecified atom stereocenters. The van der Waals surface area contributed by atoms with E-state index in [2.05, 4.69) is 61.7 Å². The van der Waals surface area contributed by atoms with Crippen molar-refractivity contribution in [3.63, 3.8) is 0 Å². The number of ether oxygens (including phenoxy) is 1. The van der Waals surface area contributed by atoms with Gasteiger partial charge in [-0.1, -0.05) is 197 Å². The summed E-state index contributed by atoms with van der Waals surface area (Å²) < 4.78 is 5.44. The largest absolute Gasteiger partial charge is 0.466 e. The summed E-state index contributed by atoms with van der Waals surface area (Å²) in [6.07, 6.45) is 56.5. The molecule has 0 spiro atoms. The van der Waals surface area contributed by atoms with Crippen molar-refractivity contribution >= 4 is 11.9 Å². The van der Waals surface area contributed by atoms with Crippen molar-refractivity contribution < 1.29 is 24.5 Å². The number of nitrogens with one attached hydrogen (secondary N) is 1. The average Bonchev–Trinajstić information content (AvgIpc) is 3.21. The zero-order valence-corrected chi connectivity index (χ0v) is 37.6. The molecule has 332 valence electrons. The van der Waals surface area contributed by atoms with Crippen molar-refractivity contribution in [2.45, 2.75) is 251 Å². The summed E-state index contributed by atoms with van der Waals surface area (Å²) in [6, 6.07) is -0.585. The molecule has 0 aromatic rings. The van der Waals surface area contributed by atoms with Crippen molar-refractivity contribution in [1.82, 2.24) is 5.32 Å². The predicted molar refractivity (Wildman–Crippen MR) is 245 cm³/mol. The fourth-order valence-corrected chi connectivity index (χ4v) is 7.07. The molecule has 0 heterocycles. The highest BCUT2D eigenvalue weighted by Crippen LogP contribution is 2.15. The summed E-state index contributed by atoms with van der Waals surface area (Å²) in [5, 5.41) is 23.1. The van der Waals surface area contributed by atoms with E-state index in [1.807, 2.05) is 6.08 Å². The van der Waals surface area contributed by atoms with Crippen molar-refractivity contribution in [2.24, 2.45) is 0 Å². The lowest BCUT2D eigenvalue weighted by Gasteiger charge is -2.22. The van der Waals surface area contributed by atoms with Crippen molar-refractivity contribution in [2.75, 3.05) is 13.2 Å². The Morgan fingerprint density at radius 1 is 0.491 bits per heavy atom. The molecule has 57 heavy (non-hydrogen) atoms. The third kappa shape index (κ3) is 43.2. The van der Waals surface area contributed by atoms with Crippen LogP contribution in [-0.4, -0.2) is 47.4 Å². The molecule has 0 saturated heterocycles. The number of aliphatic hydroxyl groups excluding tert-OH is 2. The van der Waals surface area contributed by atoms with Crippen LogP contribution in [0.5, 0.6) is 0 Å². The molecule has 0 aromatic carbocycles. The number of aliphatic hydroxyl groups is 2. The van der Waals surface area contributed by atoms with Crippen LogP contribution < -0.4 is 5.32 Å². The van der Waals surface area contributed by atoms with Gasteiger partial charge in [-0.25, -0.2) is 0 Å². The van der Waals surface area contributed by atoms with Gasteiger partial charge in [-0.3, -0.25) is 9.59 Å². The quantitative estimate of drug-likeness (QED) is 0.0324. The highest BCUT2D eigenvalue weighted by molar-refractivity contribution is 5.76. The van der Waals surface area contributed by atoms with Crippen molar-refractivity contribution in [3.8, 4) is 0 Å². The Balaban J connectivity index is 3.57. The van der Waals surface area contributed by atoms with Gasteiger partial charge in [-0.2, -0.15) is 0 Å². The highest BCUT2D eigenvalue weighted by atomic mass is 16.5. The lowest BCUT2D eigenvalue weighted by Crippen LogP contribution is -2.45. The van der Waals surface area contributed by atoms with Gasteiger partial charge in [0.05, 0.1) is 25.4 Å². The Morgan fingerprint density at radius 2 is 0.895 bits per heavy atom. The minimum Gasteiger partial charge on any atom is -0.466 e. The Morgan fingerprint density at radius 3 is 1.40 bits per heavy atom. The molecule has 0 radical (unpaired) electrons. The van der Waals surface area contributed by atoms with E-state index in [0.717, 1.165) is 64.2 Å². The Kier molecular flexibility index (Phi) is 44.7. The first-order valence-corrected chi connectivity index (χ1v) is 24.4. The van der Waals surface area contributed by atoms with Gasteiger partial charge < -0.3 is 20.3 Å². The summed E-state index contributed by atoms with van der Waals surface area (Å²) in [7, 11) is 0. The molecule has 0 rings (SSSR count). The number of carbonyl (C=O) groups excluding carboxylic acids is 2. The van der Waals surface area contributed by atoms with Gasteiger partial charge in [-0.15, -0.1) is 0 Å². The second kappa shape index (κ2) is 46.5. The molecule has 0 aromatic heterocycles. The molecule has 0 bridgehead atoms.